The van der Waals surface area contributed by atoms with Crippen LogP contribution in [0.3, 0.4) is 0 Å². The number of aliphatic imine (C=N–C) groups is 1. The number of carbonyl (C=O) groups is 1. The molecule has 0 saturated carbocycles. The number of carbonyl (C=O) groups excluding carboxylic acids is 1. The summed E-state index contributed by atoms with van der Waals surface area (Å²) < 4.78 is 4.90. The molecule has 98 valence electrons. The van der Waals surface area contributed by atoms with Crippen molar-refractivity contribution in [3.8, 4) is 0 Å². The van der Waals surface area contributed by atoms with Crippen LogP contribution < -0.4 is 0 Å². The predicted octanol–water partition coefficient (Wildman–Crippen LogP) is 3.39. The first-order chi connectivity index (χ1) is 8.45. The molecule has 0 atom stereocenters. The molecule has 0 amide bonds. The van der Waals surface area contributed by atoms with Crippen LogP contribution in [0.5, 0.6) is 0 Å². The van der Waals surface area contributed by atoms with Gasteiger partial charge in [0.25, 0.3) is 0 Å². The molecule has 1 aromatic carbocycles. The van der Waals surface area contributed by atoms with Gasteiger partial charge in [-0.15, -0.1) is 0 Å². The standard InChI is InChI=1S/C12H14Cl2N2O2/c1-4-18-12(17)9-5-8(13)6-10(11(9)14)15-7-16(2)3/h5-7H,4H2,1-3H3. The van der Waals surface area contributed by atoms with Crippen LogP contribution in [0, 0.1) is 0 Å². The first-order valence-electron chi connectivity index (χ1n) is 5.32. The molecule has 0 N–H and O–H groups in total. The summed E-state index contributed by atoms with van der Waals surface area (Å²) in [6.45, 7) is 2.00. The quantitative estimate of drug-likeness (QED) is 0.484. The normalized spacial score (nSPS) is 10.7. The van der Waals surface area contributed by atoms with Crippen molar-refractivity contribution in [1.29, 1.82) is 0 Å². The van der Waals surface area contributed by atoms with E-state index in [1.807, 2.05) is 14.1 Å². The molecule has 0 unspecified atom stereocenters. The number of nitrogens with zero attached hydrogens (tertiary/aromatic N) is 2. The lowest BCUT2D eigenvalue weighted by Crippen LogP contribution is -2.08. The monoisotopic (exact) mass is 288 g/mol. The Bertz CT molecular complexity index is 473. The maximum absolute atomic E-state index is 11.7. The summed E-state index contributed by atoms with van der Waals surface area (Å²) in [5.41, 5.74) is 0.651. The third-order valence-electron chi connectivity index (χ3n) is 1.94. The third kappa shape index (κ3) is 3.89. The van der Waals surface area contributed by atoms with Crippen LogP contribution in [-0.2, 0) is 4.74 Å². The van der Waals surface area contributed by atoms with Crippen molar-refractivity contribution < 1.29 is 9.53 Å². The second-order valence-electron chi connectivity index (χ2n) is 3.72. The van der Waals surface area contributed by atoms with Gasteiger partial charge in [0, 0.05) is 19.1 Å². The molecule has 0 aromatic heterocycles. The Morgan fingerprint density at radius 2 is 2.11 bits per heavy atom. The minimum atomic E-state index is -0.508. The van der Waals surface area contributed by atoms with Gasteiger partial charge in [0.15, 0.2) is 0 Å². The molecular formula is C12H14Cl2N2O2. The highest BCUT2D eigenvalue weighted by molar-refractivity contribution is 6.38. The van der Waals surface area contributed by atoms with Gasteiger partial charge in [-0.1, -0.05) is 23.2 Å². The Labute approximate surface area is 116 Å². The maximum Gasteiger partial charge on any atom is 0.339 e. The van der Waals surface area contributed by atoms with Crippen molar-refractivity contribution in [2.75, 3.05) is 20.7 Å². The molecule has 18 heavy (non-hydrogen) atoms. The van der Waals surface area contributed by atoms with Gasteiger partial charge in [0.1, 0.15) is 0 Å². The zero-order valence-electron chi connectivity index (χ0n) is 10.4. The number of esters is 1. The molecular weight excluding hydrogens is 275 g/mol. The van der Waals surface area contributed by atoms with E-state index >= 15 is 0 Å². The molecule has 1 aromatic rings. The molecule has 0 heterocycles. The van der Waals surface area contributed by atoms with E-state index < -0.39 is 5.97 Å². The van der Waals surface area contributed by atoms with Crippen molar-refractivity contribution in [2.45, 2.75) is 6.92 Å². The lowest BCUT2D eigenvalue weighted by Gasteiger charge is -2.08. The van der Waals surface area contributed by atoms with Gasteiger partial charge in [-0.2, -0.15) is 0 Å². The molecule has 1 rings (SSSR count). The van der Waals surface area contributed by atoms with Crippen LogP contribution in [0.25, 0.3) is 0 Å². The molecule has 0 aliphatic rings. The van der Waals surface area contributed by atoms with Crippen molar-refractivity contribution in [3.63, 3.8) is 0 Å². The Morgan fingerprint density at radius 1 is 1.44 bits per heavy atom. The fourth-order valence-electron chi connectivity index (χ4n) is 1.20. The number of rotatable bonds is 4. The highest BCUT2D eigenvalue weighted by atomic mass is 35.5. The van der Waals surface area contributed by atoms with Gasteiger partial charge in [0.2, 0.25) is 0 Å². The minimum Gasteiger partial charge on any atom is -0.462 e. The van der Waals surface area contributed by atoms with E-state index in [1.165, 1.54) is 6.07 Å². The highest BCUT2D eigenvalue weighted by Crippen LogP contribution is 2.32. The largest absolute Gasteiger partial charge is 0.462 e. The SMILES string of the molecule is CCOC(=O)c1cc(Cl)cc(N=CN(C)C)c1Cl. The first-order valence-corrected chi connectivity index (χ1v) is 6.08. The van der Waals surface area contributed by atoms with Crippen molar-refractivity contribution >= 4 is 41.2 Å². The predicted molar refractivity (Wildman–Crippen MR) is 74.3 cm³/mol. The van der Waals surface area contributed by atoms with Gasteiger partial charge in [-0.25, -0.2) is 9.79 Å². The Morgan fingerprint density at radius 3 is 2.67 bits per heavy atom. The Kier molecular flexibility index (Phi) is 5.44. The average molecular weight is 289 g/mol. The third-order valence-corrected chi connectivity index (χ3v) is 2.56. The molecule has 0 spiro atoms. The van der Waals surface area contributed by atoms with Crippen molar-refractivity contribution in [1.82, 2.24) is 4.90 Å². The van der Waals surface area contributed by atoms with E-state index in [0.717, 1.165) is 0 Å². The molecule has 0 fully saturated rings. The summed E-state index contributed by atoms with van der Waals surface area (Å²) >= 11 is 12.0. The number of benzene rings is 1. The van der Waals surface area contributed by atoms with Gasteiger partial charge in [-0.3, -0.25) is 0 Å². The second-order valence-corrected chi connectivity index (χ2v) is 4.53. The van der Waals surface area contributed by atoms with Crippen LogP contribution in [0.4, 0.5) is 5.69 Å². The fraction of sp³-hybridized carbons (Fsp3) is 0.333. The maximum atomic E-state index is 11.7. The van der Waals surface area contributed by atoms with Crippen molar-refractivity contribution in [3.05, 3.63) is 27.7 Å². The number of hydrogen-bond donors (Lipinski definition) is 0. The van der Waals surface area contributed by atoms with Crippen LogP contribution >= 0.6 is 23.2 Å². The van der Waals surface area contributed by atoms with Crippen molar-refractivity contribution in [2.24, 2.45) is 4.99 Å². The summed E-state index contributed by atoms with van der Waals surface area (Å²) in [6.07, 6.45) is 1.58. The Hall–Kier alpha value is -1.26. The zero-order valence-corrected chi connectivity index (χ0v) is 11.9. The summed E-state index contributed by atoms with van der Waals surface area (Å²) in [5, 5.41) is 0.615. The van der Waals surface area contributed by atoms with E-state index in [4.69, 9.17) is 27.9 Å². The molecule has 6 heteroatoms. The number of halogens is 2. The second kappa shape index (κ2) is 6.61. The summed E-state index contributed by atoms with van der Waals surface area (Å²) in [6, 6.07) is 3.06. The van der Waals surface area contributed by atoms with E-state index in [-0.39, 0.29) is 17.2 Å². The van der Waals surface area contributed by atoms with Gasteiger partial charge in [-0.05, 0) is 19.1 Å². The van der Waals surface area contributed by atoms with Crippen LogP contribution in [0.2, 0.25) is 10.0 Å². The van der Waals surface area contributed by atoms with Crippen LogP contribution in [0.1, 0.15) is 17.3 Å². The molecule has 0 radical (unpaired) electrons. The number of ether oxygens (including phenoxy) is 1. The van der Waals surface area contributed by atoms with Gasteiger partial charge < -0.3 is 9.64 Å². The van der Waals surface area contributed by atoms with E-state index in [1.54, 1.807) is 24.2 Å². The Balaban J connectivity index is 3.18. The molecule has 4 nitrogen and oxygen atoms in total. The minimum absolute atomic E-state index is 0.219. The van der Waals surface area contributed by atoms with E-state index in [9.17, 15) is 4.79 Å². The van der Waals surface area contributed by atoms with Crippen LogP contribution in [-0.4, -0.2) is 37.9 Å². The molecule has 0 bridgehead atoms. The summed E-state index contributed by atoms with van der Waals surface area (Å²) in [7, 11) is 3.66. The summed E-state index contributed by atoms with van der Waals surface area (Å²) in [5.74, 6) is -0.508. The molecule has 0 aliphatic carbocycles. The highest BCUT2D eigenvalue weighted by Gasteiger charge is 2.15. The fourth-order valence-corrected chi connectivity index (χ4v) is 1.65. The summed E-state index contributed by atoms with van der Waals surface area (Å²) in [4.78, 5) is 17.6. The topological polar surface area (TPSA) is 41.9 Å². The van der Waals surface area contributed by atoms with E-state index in [2.05, 4.69) is 4.99 Å². The molecule has 0 aliphatic heterocycles. The van der Waals surface area contributed by atoms with Gasteiger partial charge in [0.05, 0.1) is 29.2 Å². The lowest BCUT2D eigenvalue weighted by atomic mass is 10.2. The lowest BCUT2D eigenvalue weighted by molar-refractivity contribution is 0.0526. The van der Waals surface area contributed by atoms with E-state index in [0.29, 0.717) is 10.7 Å². The first kappa shape index (κ1) is 14.8. The van der Waals surface area contributed by atoms with Gasteiger partial charge >= 0.3 is 5.97 Å². The smallest absolute Gasteiger partial charge is 0.339 e. The number of hydrogen-bond acceptors (Lipinski definition) is 3. The molecule has 0 saturated heterocycles. The van der Waals surface area contributed by atoms with Crippen LogP contribution in [0.15, 0.2) is 17.1 Å². The zero-order chi connectivity index (χ0) is 13.7. The average Bonchev–Trinajstić information content (AvgIpc) is 2.29.